The Balaban J connectivity index is 1.41. The van der Waals surface area contributed by atoms with Crippen molar-refractivity contribution in [2.75, 3.05) is 13.7 Å². The van der Waals surface area contributed by atoms with Crippen LogP contribution in [0.1, 0.15) is 41.1 Å². The number of nitrogens with zero attached hydrogens (tertiary/aromatic N) is 3. The van der Waals surface area contributed by atoms with Gasteiger partial charge in [-0.25, -0.2) is 4.68 Å². The van der Waals surface area contributed by atoms with Crippen LogP contribution in [0.25, 0.3) is 11.0 Å². The van der Waals surface area contributed by atoms with Crippen molar-refractivity contribution in [3.63, 3.8) is 0 Å². The molecule has 1 fully saturated rings. The van der Waals surface area contributed by atoms with E-state index in [4.69, 9.17) is 9.15 Å². The smallest absolute Gasteiger partial charge is 0.289 e. The van der Waals surface area contributed by atoms with Gasteiger partial charge in [-0.3, -0.25) is 9.59 Å². The maximum atomic E-state index is 13.2. The van der Waals surface area contributed by atoms with Crippen LogP contribution in [0, 0.1) is 0 Å². The number of rotatable bonds is 4. The monoisotopic (exact) mass is 393 g/mol. The van der Waals surface area contributed by atoms with Crippen LogP contribution >= 0.6 is 0 Å². The minimum atomic E-state index is -0.153. The molecule has 1 aliphatic carbocycles. The fourth-order valence-electron chi connectivity index (χ4n) is 4.51. The van der Waals surface area contributed by atoms with Gasteiger partial charge in [-0.2, -0.15) is 5.10 Å². The van der Waals surface area contributed by atoms with Gasteiger partial charge in [0.25, 0.3) is 11.5 Å². The first-order chi connectivity index (χ1) is 14.1. The third kappa shape index (κ3) is 3.10. The largest absolute Gasteiger partial charge is 0.493 e. The summed E-state index contributed by atoms with van der Waals surface area (Å²) in [7, 11) is 1.58. The highest BCUT2D eigenvalue weighted by molar-refractivity contribution is 5.97. The first-order valence-corrected chi connectivity index (χ1v) is 10.1. The number of aryl methyl sites for hydroxylation is 2. The maximum Gasteiger partial charge on any atom is 0.289 e. The number of furan rings is 1. The normalized spacial score (nSPS) is 18.4. The average Bonchev–Trinajstić information content (AvgIpc) is 3.46. The number of carbonyl (C=O) groups excluding carboxylic acids is 1. The zero-order valence-electron chi connectivity index (χ0n) is 16.4. The van der Waals surface area contributed by atoms with E-state index in [9.17, 15) is 9.59 Å². The maximum absolute atomic E-state index is 13.2. The number of para-hydroxylation sites is 1. The molecule has 3 heterocycles. The predicted molar refractivity (Wildman–Crippen MR) is 107 cm³/mol. The molecule has 150 valence electrons. The molecule has 0 saturated carbocycles. The summed E-state index contributed by atoms with van der Waals surface area (Å²) >= 11 is 0. The highest BCUT2D eigenvalue weighted by Crippen LogP contribution is 2.30. The van der Waals surface area contributed by atoms with Crippen LogP contribution < -0.4 is 10.3 Å². The molecule has 0 bridgehead atoms. The Labute approximate surface area is 167 Å². The van der Waals surface area contributed by atoms with Crippen molar-refractivity contribution in [1.82, 2.24) is 14.7 Å². The zero-order chi connectivity index (χ0) is 20.0. The van der Waals surface area contributed by atoms with Gasteiger partial charge in [-0.05, 0) is 49.8 Å². The van der Waals surface area contributed by atoms with Gasteiger partial charge < -0.3 is 14.1 Å². The molecular weight excluding hydrogens is 370 g/mol. The average molecular weight is 393 g/mol. The first-order valence-electron chi connectivity index (χ1n) is 10.1. The third-order valence-corrected chi connectivity index (χ3v) is 5.98. The van der Waals surface area contributed by atoms with Gasteiger partial charge in [0.05, 0.1) is 25.4 Å². The van der Waals surface area contributed by atoms with Crippen LogP contribution in [0.5, 0.6) is 5.75 Å². The lowest BCUT2D eigenvalue weighted by atomic mass is 10.2. The Bertz CT molecular complexity index is 1150. The molecule has 1 unspecified atom stereocenters. The summed E-state index contributed by atoms with van der Waals surface area (Å²) in [6.07, 6.45) is 4.65. The predicted octanol–water partition coefficient (Wildman–Crippen LogP) is 2.79. The highest BCUT2D eigenvalue weighted by atomic mass is 16.5. The fraction of sp³-hybridized carbons (Fsp3) is 0.409. The molecule has 0 spiro atoms. The van der Waals surface area contributed by atoms with Crippen LogP contribution in [0.4, 0.5) is 0 Å². The molecule has 5 rings (SSSR count). The summed E-state index contributed by atoms with van der Waals surface area (Å²) in [4.78, 5) is 27.4. The minimum Gasteiger partial charge on any atom is -0.493 e. The van der Waals surface area contributed by atoms with Crippen molar-refractivity contribution in [2.45, 2.75) is 44.7 Å². The summed E-state index contributed by atoms with van der Waals surface area (Å²) in [6, 6.07) is 8.98. The zero-order valence-corrected chi connectivity index (χ0v) is 16.4. The van der Waals surface area contributed by atoms with Crippen LogP contribution in [0.15, 0.2) is 39.5 Å². The second-order valence-corrected chi connectivity index (χ2v) is 7.77. The van der Waals surface area contributed by atoms with E-state index < -0.39 is 0 Å². The number of ether oxygens (including phenoxy) is 1. The van der Waals surface area contributed by atoms with Crippen molar-refractivity contribution >= 4 is 16.9 Å². The van der Waals surface area contributed by atoms with Crippen LogP contribution in [-0.4, -0.2) is 40.3 Å². The molecule has 1 saturated heterocycles. The Morgan fingerprint density at radius 2 is 2.17 bits per heavy atom. The quantitative estimate of drug-likeness (QED) is 0.681. The van der Waals surface area contributed by atoms with E-state index in [1.54, 1.807) is 19.2 Å². The lowest BCUT2D eigenvalue weighted by molar-refractivity contribution is 0.0690. The van der Waals surface area contributed by atoms with Crippen molar-refractivity contribution in [3.8, 4) is 5.75 Å². The van der Waals surface area contributed by atoms with Crippen molar-refractivity contribution in [1.29, 1.82) is 0 Å². The second kappa shape index (κ2) is 7.06. The van der Waals surface area contributed by atoms with Crippen molar-refractivity contribution in [3.05, 3.63) is 57.7 Å². The summed E-state index contributed by atoms with van der Waals surface area (Å²) in [5, 5.41) is 5.40. The lowest BCUT2D eigenvalue weighted by Crippen LogP contribution is -2.40. The number of hydrogen-bond acceptors (Lipinski definition) is 5. The Morgan fingerprint density at radius 3 is 3.03 bits per heavy atom. The Hall–Kier alpha value is -3.09. The minimum absolute atomic E-state index is 0.0674. The van der Waals surface area contributed by atoms with E-state index in [1.807, 2.05) is 23.1 Å². The summed E-state index contributed by atoms with van der Waals surface area (Å²) in [5.74, 6) is 0.749. The molecule has 1 aliphatic heterocycles. The Morgan fingerprint density at radius 1 is 1.28 bits per heavy atom. The molecule has 1 aromatic carbocycles. The number of likely N-dealkylation sites (tertiary alicyclic amines) is 1. The number of benzene rings is 1. The number of methoxy groups -OCH3 is 1. The molecule has 3 aromatic rings. The van der Waals surface area contributed by atoms with Crippen molar-refractivity contribution in [2.24, 2.45) is 0 Å². The van der Waals surface area contributed by atoms with Gasteiger partial charge in [0.1, 0.15) is 0 Å². The summed E-state index contributed by atoms with van der Waals surface area (Å²) < 4.78 is 12.7. The number of carbonyl (C=O) groups is 1. The molecule has 29 heavy (non-hydrogen) atoms. The molecule has 1 atom stereocenters. The third-order valence-electron chi connectivity index (χ3n) is 5.98. The van der Waals surface area contributed by atoms with Gasteiger partial charge in [-0.15, -0.1) is 0 Å². The first kappa shape index (κ1) is 18.0. The van der Waals surface area contributed by atoms with Gasteiger partial charge in [0, 0.05) is 18.0 Å². The molecule has 1 amide bonds. The number of fused-ring (bicyclic) bond motifs is 2. The number of amides is 1. The van der Waals surface area contributed by atoms with Gasteiger partial charge >= 0.3 is 0 Å². The van der Waals surface area contributed by atoms with E-state index in [-0.39, 0.29) is 17.5 Å². The van der Waals surface area contributed by atoms with E-state index in [2.05, 4.69) is 5.10 Å². The standard InChI is InChI=1S/C22H23N3O4/c1-28-18-9-3-6-15-11-19(29-21(15)18)22(27)24-10-4-7-16(24)13-25-20(26)12-14-5-2-8-17(14)23-25/h3,6,9,11-12,16H,2,4-5,7-8,10,13H2,1H3. The molecular formula is C22H23N3O4. The van der Waals surface area contributed by atoms with Gasteiger partial charge in [-0.1, -0.05) is 12.1 Å². The van der Waals surface area contributed by atoms with E-state index in [0.717, 1.165) is 48.7 Å². The summed E-state index contributed by atoms with van der Waals surface area (Å²) in [5.41, 5.74) is 2.58. The Kier molecular flexibility index (Phi) is 4.38. The molecule has 0 N–H and O–H groups in total. The van der Waals surface area contributed by atoms with E-state index >= 15 is 0 Å². The molecule has 7 nitrogen and oxygen atoms in total. The molecule has 2 aromatic heterocycles. The van der Waals surface area contributed by atoms with Crippen molar-refractivity contribution < 1.29 is 13.9 Å². The summed E-state index contributed by atoms with van der Waals surface area (Å²) in [6.45, 7) is 1.07. The van der Waals surface area contributed by atoms with E-state index in [0.29, 0.717) is 30.2 Å². The van der Waals surface area contributed by atoms with E-state index in [1.165, 1.54) is 4.68 Å². The van der Waals surface area contributed by atoms with Gasteiger partial charge in [0.2, 0.25) is 0 Å². The number of hydrogen-bond donors (Lipinski definition) is 0. The SMILES string of the molecule is COc1cccc2cc(C(=O)N3CCCC3Cn3nc4c(cc3=O)CCC4)oc12. The van der Waals surface area contributed by atoms with Crippen LogP contribution in [0.3, 0.4) is 0 Å². The lowest BCUT2D eigenvalue weighted by Gasteiger charge is -2.24. The molecule has 0 radical (unpaired) electrons. The number of aromatic nitrogens is 2. The highest BCUT2D eigenvalue weighted by Gasteiger charge is 2.32. The van der Waals surface area contributed by atoms with Crippen LogP contribution in [0.2, 0.25) is 0 Å². The second-order valence-electron chi connectivity index (χ2n) is 7.77. The molecule has 2 aliphatic rings. The van der Waals surface area contributed by atoms with Crippen LogP contribution in [-0.2, 0) is 19.4 Å². The molecule has 7 heteroatoms. The topological polar surface area (TPSA) is 77.6 Å². The van der Waals surface area contributed by atoms with Gasteiger partial charge in [0.15, 0.2) is 17.1 Å². The fourth-order valence-corrected chi connectivity index (χ4v) is 4.51.